The van der Waals surface area contributed by atoms with Gasteiger partial charge in [0, 0.05) is 50.5 Å². The van der Waals surface area contributed by atoms with Crippen LogP contribution in [0, 0.1) is 5.41 Å². The standard InChI is InChI=1S/C24H31F3N6O2/c1-16(34)23(6-2-20(11-23)31-7-3-19(4-8-31)33-15-28-14-30-33)22(35)32-9-5-21-17(13-32)10-18(12-29-21)24(25,26)27/h10,12,14-16,19-20,34H,2-9,11,13H2,1H3/t16?,20?,23-/m0/s1. The van der Waals surface area contributed by atoms with Gasteiger partial charge in [-0.05, 0) is 50.7 Å². The van der Waals surface area contributed by atoms with Crippen molar-refractivity contribution in [1.82, 2.24) is 29.5 Å². The Labute approximate surface area is 202 Å². The lowest BCUT2D eigenvalue weighted by Gasteiger charge is -2.40. The molecule has 2 fully saturated rings. The summed E-state index contributed by atoms with van der Waals surface area (Å²) in [6, 6.07) is 1.62. The van der Waals surface area contributed by atoms with Gasteiger partial charge in [0.15, 0.2) is 0 Å². The maximum Gasteiger partial charge on any atom is 0.417 e. The summed E-state index contributed by atoms with van der Waals surface area (Å²) in [5.41, 5.74) is -0.677. The normalized spacial score (nSPS) is 27.1. The van der Waals surface area contributed by atoms with Crippen LogP contribution in [0.4, 0.5) is 13.2 Å². The molecule has 4 heterocycles. The molecule has 8 nitrogen and oxygen atoms in total. The number of fused-ring (bicyclic) bond motifs is 1. The monoisotopic (exact) mass is 492 g/mol. The third-order valence-electron chi connectivity index (χ3n) is 8.23. The highest BCUT2D eigenvalue weighted by Gasteiger charge is 2.52. The highest BCUT2D eigenvalue weighted by atomic mass is 19.4. The zero-order valence-corrected chi connectivity index (χ0v) is 19.8. The summed E-state index contributed by atoms with van der Waals surface area (Å²) in [7, 11) is 0. The molecule has 1 saturated heterocycles. The molecule has 0 spiro atoms. The first-order valence-corrected chi connectivity index (χ1v) is 12.3. The molecule has 0 bridgehead atoms. The van der Waals surface area contributed by atoms with Crippen LogP contribution in [0.5, 0.6) is 0 Å². The van der Waals surface area contributed by atoms with Gasteiger partial charge in [-0.1, -0.05) is 0 Å². The summed E-state index contributed by atoms with van der Waals surface area (Å²) >= 11 is 0. The fraction of sp³-hybridized carbons (Fsp3) is 0.667. The summed E-state index contributed by atoms with van der Waals surface area (Å²) in [6.07, 6.45) is 3.10. The van der Waals surface area contributed by atoms with E-state index in [-0.39, 0.29) is 18.5 Å². The molecular weight excluding hydrogens is 461 g/mol. The molecule has 0 aromatic carbocycles. The van der Waals surface area contributed by atoms with Crippen LogP contribution in [0.1, 0.15) is 61.9 Å². The van der Waals surface area contributed by atoms with Gasteiger partial charge in [0.2, 0.25) is 5.91 Å². The number of aliphatic hydroxyl groups is 1. The SMILES string of the molecule is CC(O)[C@]1(C(=O)N2CCc3ncc(C(F)(F)F)cc3C2)CCC(N2CCC(n3cncn3)CC2)C1. The predicted octanol–water partition coefficient (Wildman–Crippen LogP) is 2.83. The number of likely N-dealkylation sites (tertiary alicyclic amines) is 1. The number of pyridine rings is 1. The number of carbonyl (C=O) groups is 1. The molecule has 1 N–H and O–H groups in total. The Bertz CT molecular complexity index is 1050. The van der Waals surface area contributed by atoms with E-state index in [0.717, 1.165) is 44.6 Å². The number of hydrogen-bond acceptors (Lipinski definition) is 6. The topological polar surface area (TPSA) is 87.4 Å². The summed E-state index contributed by atoms with van der Waals surface area (Å²) in [5.74, 6) is -0.157. The van der Waals surface area contributed by atoms with E-state index in [1.165, 1.54) is 0 Å². The lowest BCUT2D eigenvalue weighted by atomic mass is 9.78. The fourth-order valence-electron chi connectivity index (χ4n) is 6.10. The van der Waals surface area contributed by atoms with Gasteiger partial charge >= 0.3 is 6.18 Å². The van der Waals surface area contributed by atoms with Crippen LogP contribution < -0.4 is 0 Å². The van der Waals surface area contributed by atoms with Gasteiger partial charge in [-0.2, -0.15) is 18.3 Å². The van der Waals surface area contributed by atoms with E-state index in [1.807, 2.05) is 4.68 Å². The number of nitrogens with zero attached hydrogens (tertiary/aromatic N) is 6. The lowest BCUT2D eigenvalue weighted by Crippen LogP contribution is -2.51. The van der Waals surface area contributed by atoms with Crippen LogP contribution in [0.2, 0.25) is 0 Å². The number of rotatable bonds is 4. The number of carbonyl (C=O) groups excluding carboxylic acids is 1. The van der Waals surface area contributed by atoms with Crippen molar-refractivity contribution in [1.29, 1.82) is 0 Å². The van der Waals surface area contributed by atoms with Gasteiger partial charge in [-0.3, -0.25) is 9.78 Å². The van der Waals surface area contributed by atoms with Crippen LogP contribution in [-0.4, -0.2) is 72.3 Å². The molecule has 5 rings (SSSR count). The Hall–Kier alpha value is -2.53. The number of aromatic nitrogens is 4. The van der Waals surface area contributed by atoms with Crippen molar-refractivity contribution in [3.63, 3.8) is 0 Å². The molecule has 2 aromatic rings. The smallest absolute Gasteiger partial charge is 0.392 e. The first-order chi connectivity index (χ1) is 16.7. The molecule has 3 atom stereocenters. The molecule has 35 heavy (non-hydrogen) atoms. The molecule has 1 amide bonds. The van der Waals surface area contributed by atoms with Crippen molar-refractivity contribution >= 4 is 5.91 Å². The molecule has 1 saturated carbocycles. The molecule has 0 radical (unpaired) electrons. The van der Waals surface area contributed by atoms with E-state index in [4.69, 9.17) is 0 Å². The Kier molecular flexibility index (Phi) is 6.33. The average molecular weight is 493 g/mol. The van der Waals surface area contributed by atoms with E-state index in [2.05, 4.69) is 20.0 Å². The molecule has 2 aromatic heterocycles. The summed E-state index contributed by atoms with van der Waals surface area (Å²) in [6.45, 7) is 3.93. The van der Waals surface area contributed by atoms with Crippen molar-refractivity contribution in [3.8, 4) is 0 Å². The second-order valence-corrected chi connectivity index (χ2v) is 10.2. The van der Waals surface area contributed by atoms with E-state index in [1.54, 1.807) is 24.5 Å². The minimum absolute atomic E-state index is 0.0908. The summed E-state index contributed by atoms with van der Waals surface area (Å²) < 4.78 is 41.5. The third kappa shape index (κ3) is 4.55. The van der Waals surface area contributed by atoms with Crippen LogP contribution in [0.3, 0.4) is 0 Å². The molecule has 190 valence electrons. The van der Waals surface area contributed by atoms with E-state index in [0.29, 0.717) is 43.1 Å². The molecule has 11 heteroatoms. The highest BCUT2D eigenvalue weighted by Crippen LogP contribution is 2.46. The molecule has 1 aliphatic carbocycles. The van der Waals surface area contributed by atoms with Gasteiger partial charge in [-0.15, -0.1) is 0 Å². The summed E-state index contributed by atoms with van der Waals surface area (Å²) in [5, 5.41) is 15.0. The second kappa shape index (κ2) is 9.16. The average Bonchev–Trinajstić information content (AvgIpc) is 3.54. The van der Waals surface area contributed by atoms with Crippen molar-refractivity contribution < 1.29 is 23.1 Å². The van der Waals surface area contributed by atoms with Crippen molar-refractivity contribution in [3.05, 3.63) is 41.7 Å². The molecular formula is C24H31F3N6O2. The van der Waals surface area contributed by atoms with Gasteiger partial charge in [0.1, 0.15) is 12.7 Å². The van der Waals surface area contributed by atoms with Gasteiger partial charge < -0.3 is 14.9 Å². The zero-order chi connectivity index (χ0) is 24.8. The molecule has 2 unspecified atom stereocenters. The largest absolute Gasteiger partial charge is 0.417 e. The summed E-state index contributed by atoms with van der Waals surface area (Å²) in [4.78, 5) is 25.9. The van der Waals surface area contributed by atoms with E-state index < -0.39 is 23.3 Å². The maximum atomic E-state index is 13.8. The van der Waals surface area contributed by atoms with Gasteiger partial charge in [0.05, 0.1) is 23.1 Å². The lowest BCUT2D eigenvalue weighted by molar-refractivity contribution is -0.150. The van der Waals surface area contributed by atoms with Gasteiger partial charge in [-0.25, -0.2) is 9.67 Å². The Morgan fingerprint density at radius 2 is 1.97 bits per heavy atom. The Morgan fingerprint density at radius 1 is 1.20 bits per heavy atom. The van der Waals surface area contributed by atoms with Crippen LogP contribution in [0.15, 0.2) is 24.9 Å². The Morgan fingerprint density at radius 3 is 2.63 bits per heavy atom. The molecule has 2 aliphatic heterocycles. The van der Waals surface area contributed by atoms with Crippen LogP contribution in [0.25, 0.3) is 0 Å². The predicted molar refractivity (Wildman–Crippen MR) is 120 cm³/mol. The minimum atomic E-state index is -4.48. The maximum absolute atomic E-state index is 13.8. The highest BCUT2D eigenvalue weighted by molar-refractivity contribution is 5.84. The van der Waals surface area contributed by atoms with Crippen molar-refractivity contribution in [2.75, 3.05) is 19.6 Å². The van der Waals surface area contributed by atoms with Crippen LogP contribution >= 0.6 is 0 Å². The minimum Gasteiger partial charge on any atom is -0.392 e. The quantitative estimate of drug-likeness (QED) is 0.707. The van der Waals surface area contributed by atoms with Crippen LogP contribution in [-0.2, 0) is 23.9 Å². The third-order valence-corrected chi connectivity index (χ3v) is 8.23. The van der Waals surface area contributed by atoms with Gasteiger partial charge in [0.25, 0.3) is 0 Å². The number of hydrogen-bond donors (Lipinski definition) is 1. The van der Waals surface area contributed by atoms with E-state index in [9.17, 15) is 23.1 Å². The number of piperidine rings is 1. The fourth-order valence-corrected chi connectivity index (χ4v) is 6.10. The first kappa shape index (κ1) is 24.2. The number of aliphatic hydroxyl groups excluding tert-OH is 1. The number of amides is 1. The number of alkyl halides is 3. The van der Waals surface area contributed by atoms with Crippen molar-refractivity contribution in [2.24, 2.45) is 5.41 Å². The zero-order valence-electron chi connectivity index (χ0n) is 19.8. The van der Waals surface area contributed by atoms with Crippen molar-refractivity contribution in [2.45, 2.75) is 76.4 Å². The molecule has 3 aliphatic rings. The van der Waals surface area contributed by atoms with E-state index >= 15 is 0 Å². The number of halogens is 3. The second-order valence-electron chi connectivity index (χ2n) is 10.2. The first-order valence-electron chi connectivity index (χ1n) is 12.3. The Balaban J connectivity index is 1.27.